The van der Waals surface area contributed by atoms with Crippen molar-refractivity contribution in [2.45, 2.75) is 19.8 Å². The van der Waals surface area contributed by atoms with Crippen molar-refractivity contribution in [3.8, 4) is 0 Å². The van der Waals surface area contributed by atoms with Crippen LogP contribution in [0.15, 0.2) is 18.2 Å². The van der Waals surface area contributed by atoms with Crippen molar-refractivity contribution in [2.75, 3.05) is 14.2 Å². The number of esters is 2. The number of benzene rings is 1. The van der Waals surface area contributed by atoms with Crippen LogP contribution in [0.2, 0.25) is 0 Å². The third kappa shape index (κ3) is 2.64. The normalized spacial score (nSPS) is 10.2. The van der Waals surface area contributed by atoms with E-state index in [0.29, 0.717) is 5.56 Å². The summed E-state index contributed by atoms with van der Waals surface area (Å²) >= 11 is 0. The van der Waals surface area contributed by atoms with Crippen molar-refractivity contribution in [1.82, 2.24) is 0 Å². The van der Waals surface area contributed by atoms with Gasteiger partial charge < -0.3 is 9.47 Å². The van der Waals surface area contributed by atoms with E-state index < -0.39 is 17.9 Å². The van der Waals surface area contributed by atoms with E-state index in [0.717, 1.165) is 11.1 Å². The van der Waals surface area contributed by atoms with Gasteiger partial charge in [0.15, 0.2) is 5.92 Å². The molecule has 0 heterocycles. The highest BCUT2D eigenvalue weighted by atomic mass is 16.5. The number of rotatable bonds is 3. The highest BCUT2D eigenvalue weighted by Gasteiger charge is 2.32. The summed E-state index contributed by atoms with van der Waals surface area (Å²) < 4.78 is 9.32. The zero-order chi connectivity index (χ0) is 13.0. The van der Waals surface area contributed by atoms with Crippen molar-refractivity contribution in [3.63, 3.8) is 0 Å². The van der Waals surface area contributed by atoms with Gasteiger partial charge in [-0.25, -0.2) is 0 Å². The average molecular weight is 236 g/mol. The van der Waals surface area contributed by atoms with E-state index in [9.17, 15) is 9.59 Å². The summed E-state index contributed by atoms with van der Waals surface area (Å²) in [5, 5.41) is 0. The Labute approximate surface area is 101 Å². The molecule has 0 radical (unpaired) electrons. The van der Waals surface area contributed by atoms with Crippen LogP contribution in [0, 0.1) is 13.8 Å². The van der Waals surface area contributed by atoms with Gasteiger partial charge in [-0.3, -0.25) is 9.59 Å². The van der Waals surface area contributed by atoms with E-state index in [2.05, 4.69) is 9.47 Å². The lowest BCUT2D eigenvalue weighted by Crippen LogP contribution is -2.25. The molecule has 0 atom stereocenters. The van der Waals surface area contributed by atoms with E-state index in [1.165, 1.54) is 14.2 Å². The van der Waals surface area contributed by atoms with Crippen LogP contribution in [0.4, 0.5) is 0 Å². The summed E-state index contributed by atoms with van der Waals surface area (Å²) in [5.41, 5.74) is 2.39. The van der Waals surface area contributed by atoms with Gasteiger partial charge in [0.25, 0.3) is 0 Å². The highest BCUT2D eigenvalue weighted by molar-refractivity contribution is 6.01. The summed E-state index contributed by atoms with van der Waals surface area (Å²) in [6, 6.07) is 5.57. The smallest absolute Gasteiger partial charge is 0.324 e. The fraction of sp³-hybridized carbons (Fsp3) is 0.385. The zero-order valence-electron chi connectivity index (χ0n) is 10.4. The monoisotopic (exact) mass is 236 g/mol. The van der Waals surface area contributed by atoms with E-state index >= 15 is 0 Å². The molecule has 4 heteroatoms. The fourth-order valence-corrected chi connectivity index (χ4v) is 1.85. The summed E-state index contributed by atoms with van der Waals surface area (Å²) in [6.45, 7) is 3.70. The van der Waals surface area contributed by atoms with Crippen LogP contribution < -0.4 is 0 Å². The van der Waals surface area contributed by atoms with Gasteiger partial charge in [0.1, 0.15) is 0 Å². The van der Waals surface area contributed by atoms with Gasteiger partial charge in [0.05, 0.1) is 14.2 Å². The van der Waals surface area contributed by atoms with Crippen LogP contribution in [-0.2, 0) is 19.1 Å². The molecule has 4 nitrogen and oxygen atoms in total. The average Bonchev–Trinajstić information content (AvgIpc) is 2.32. The number of aryl methyl sites for hydroxylation is 2. The molecule has 0 bridgehead atoms. The lowest BCUT2D eigenvalue weighted by atomic mass is 9.91. The van der Waals surface area contributed by atoms with Crippen LogP contribution in [0.5, 0.6) is 0 Å². The maximum atomic E-state index is 11.7. The van der Waals surface area contributed by atoms with E-state index in [1.807, 2.05) is 32.0 Å². The largest absolute Gasteiger partial charge is 0.468 e. The first-order valence-electron chi connectivity index (χ1n) is 5.24. The zero-order valence-corrected chi connectivity index (χ0v) is 10.4. The van der Waals surface area contributed by atoms with Gasteiger partial charge in [0.2, 0.25) is 0 Å². The third-order valence-corrected chi connectivity index (χ3v) is 2.70. The Balaban J connectivity index is 3.31. The Morgan fingerprint density at radius 2 is 1.41 bits per heavy atom. The molecule has 0 aromatic heterocycles. The SMILES string of the molecule is COC(=O)C(C(=O)OC)c1c(C)cccc1C. The van der Waals surface area contributed by atoms with Gasteiger partial charge in [-0.1, -0.05) is 18.2 Å². The van der Waals surface area contributed by atoms with Crippen LogP contribution in [-0.4, -0.2) is 26.2 Å². The van der Waals surface area contributed by atoms with Crippen LogP contribution in [0.3, 0.4) is 0 Å². The Morgan fingerprint density at radius 1 is 1.00 bits per heavy atom. The molecule has 0 fully saturated rings. The third-order valence-electron chi connectivity index (χ3n) is 2.70. The van der Waals surface area contributed by atoms with Gasteiger partial charge >= 0.3 is 11.9 Å². The maximum absolute atomic E-state index is 11.7. The lowest BCUT2D eigenvalue weighted by molar-refractivity contribution is -0.154. The minimum absolute atomic E-state index is 0.603. The first-order chi connectivity index (χ1) is 8.02. The predicted molar refractivity (Wildman–Crippen MR) is 62.7 cm³/mol. The summed E-state index contributed by atoms with van der Waals surface area (Å²) in [5.74, 6) is -2.21. The molecule has 0 aliphatic carbocycles. The van der Waals surface area contributed by atoms with E-state index in [-0.39, 0.29) is 0 Å². The summed E-state index contributed by atoms with van der Waals surface area (Å²) in [6.07, 6.45) is 0. The maximum Gasteiger partial charge on any atom is 0.324 e. The topological polar surface area (TPSA) is 52.6 Å². The molecule has 0 N–H and O–H groups in total. The number of ether oxygens (including phenoxy) is 2. The van der Waals surface area contributed by atoms with Crippen molar-refractivity contribution in [3.05, 3.63) is 34.9 Å². The van der Waals surface area contributed by atoms with E-state index in [1.54, 1.807) is 0 Å². The number of carbonyl (C=O) groups is 2. The predicted octanol–water partition coefficient (Wildman–Crippen LogP) is 1.73. The Kier molecular flexibility index (Phi) is 4.26. The second kappa shape index (κ2) is 5.48. The molecule has 1 aromatic rings. The number of hydrogen-bond donors (Lipinski definition) is 0. The minimum atomic E-state index is -1.01. The lowest BCUT2D eigenvalue weighted by Gasteiger charge is -2.17. The van der Waals surface area contributed by atoms with Gasteiger partial charge in [0, 0.05) is 0 Å². The van der Waals surface area contributed by atoms with Gasteiger partial charge in [-0.15, -0.1) is 0 Å². The Bertz CT molecular complexity index is 401. The molecule has 0 spiro atoms. The molecular formula is C13H16O4. The molecule has 17 heavy (non-hydrogen) atoms. The summed E-state index contributed by atoms with van der Waals surface area (Å²) in [4.78, 5) is 23.4. The van der Waals surface area contributed by atoms with Gasteiger partial charge in [-0.05, 0) is 30.5 Å². The van der Waals surface area contributed by atoms with E-state index in [4.69, 9.17) is 0 Å². The van der Waals surface area contributed by atoms with Crippen molar-refractivity contribution in [1.29, 1.82) is 0 Å². The van der Waals surface area contributed by atoms with Crippen molar-refractivity contribution in [2.24, 2.45) is 0 Å². The molecule has 0 saturated heterocycles. The minimum Gasteiger partial charge on any atom is -0.468 e. The van der Waals surface area contributed by atoms with Crippen LogP contribution in [0.25, 0.3) is 0 Å². The second-order valence-corrected chi connectivity index (χ2v) is 3.78. The van der Waals surface area contributed by atoms with Crippen molar-refractivity contribution >= 4 is 11.9 Å². The quantitative estimate of drug-likeness (QED) is 0.592. The van der Waals surface area contributed by atoms with Crippen LogP contribution in [0.1, 0.15) is 22.6 Å². The number of hydrogen-bond acceptors (Lipinski definition) is 4. The summed E-state index contributed by atoms with van der Waals surface area (Å²) in [7, 11) is 2.51. The Hall–Kier alpha value is -1.84. The standard InChI is InChI=1S/C13H16O4/c1-8-6-5-7-9(2)10(8)11(12(14)16-3)13(15)17-4/h5-7,11H,1-4H3. The van der Waals surface area contributed by atoms with Crippen molar-refractivity contribution < 1.29 is 19.1 Å². The Morgan fingerprint density at radius 3 is 1.76 bits per heavy atom. The second-order valence-electron chi connectivity index (χ2n) is 3.78. The molecular weight excluding hydrogens is 220 g/mol. The highest BCUT2D eigenvalue weighted by Crippen LogP contribution is 2.26. The molecule has 0 saturated carbocycles. The molecule has 0 unspecified atom stereocenters. The first-order valence-corrected chi connectivity index (χ1v) is 5.24. The molecule has 1 aromatic carbocycles. The number of methoxy groups -OCH3 is 2. The first kappa shape index (κ1) is 13.2. The molecule has 1 rings (SSSR count). The van der Waals surface area contributed by atoms with Gasteiger partial charge in [-0.2, -0.15) is 0 Å². The molecule has 92 valence electrons. The number of carbonyl (C=O) groups excluding carboxylic acids is 2. The fourth-order valence-electron chi connectivity index (χ4n) is 1.85. The molecule has 0 aliphatic heterocycles. The molecule has 0 aliphatic rings. The molecule has 0 amide bonds. The van der Waals surface area contributed by atoms with Crippen LogP contribution >= 0.6 is 0 Å².